The van der Waals surface area contributed by atoms with E-state index in [2.05, 4.69) is 10.3 Å². The molecule has 6 heteroatoms. The third-order valence-corrected chi connectivity index (χ3v) is 2.68. The largest absolute Gasteiger partial charge is 0.454 e. The first kappa shape index (κ1) is 11.3. The fourth-order valence-electron chi connectivity index (χ4n) is 1.73. The molecule has 0 atom stereocenters. The van der Waals surface area contributed by atoms with E-state index < -0.39 is 0 Å². The molecule has 2 heterocycles. The lowest BCUT2D eigenvalue weighted by Crippen LogP contribution is -2.14. The fourth-order valence-corrected chi connectivity index (χ4v) is 1.73. The summed E-state index contributed by atoms with van der Waals surface area (Å²) in [6, 6.07) is 7.89. The van der Waals surface area contributed by atoms with Gasteiger partial charge >= 0.3 is 0 Å². The van der Waals surface area contributed by atoms with Gasteiger partial charge in [-0.2, -0.15) is 0 Å². The second-order valence-electron chi connectivity index (χ2n) is 3.96. The second-order valence-corrected chi connectivity index (χ2v) is 3.96. The molecule has 1 aliphatic rings. The van der Waals surface area contributed by atoms with Crippen molar-refractivity contribution in [3.63, 3.8) is 0 Å². The van der Waals surface area contributed by atoms with Crippen LogP contribution in [0.2, 0.25) is 0 Å². The van der Waals surface area contributed by atoms with Gasteiger partial charge in [-0.05, 0) is 18.2 Å². The van der Waals surface area contributed by atoms with Crippen LogP contribution in [-0.2, 0) is 0 Å². The zero-order chi connectivity index (χ0) is 13.2. The van der Waals surface area contributed by atoms with E-state index in [4.69, 9.17) is 9.47 Å². The summed E-state index contributed by atoms with van der Waals surface area (Å²) in [5, 5.41) is 2.71. The monoisotopic (exact) mass is 258 g/mol. The molecular formula is C13H10N2O4. The molecule has 0 aliphatic carbocycles. The molecule has 2 N–H and O–H groups in total. The van der Waals surface area contributed by atoms with Crippen LogP contribution in [-0.4, -0.2) is 17.7 Å². The summed E-state index contributed by atoms with van der Waals surface area (Å²) in [6.07, 6.45) is 1.37. The molecule has 1 aliphatic heterocycles. The van der Waals surface area contributed by atoms with Gasteiger partial charge in [0.2, 0.25) is 12.4 Å². The predicted molar refractivity (Wildman–Crippen MR) is 67.6 cm³/mol. The van der Waals surface area contributed by atoms with Crippen molar-refractivity contribution in [1.29, 1.82) is 0 Å². The first-order chi connectivity index (χ1) is 9.22. The quantitative estimate of drug-likeness (QED) is 0.852. The number of aromatic amines is 1. The SMILES string of the molecule is O=C(Nc1ccc2c(c1)OCO2)c1ccc(=O)[nH]c1. The minimum atomic E-state index is -0.310. The first-order valence-electron chi connectivity index (χ1n) is 5.62. The highest BCUT2D eigenvalue weighted by molar-refractivity contribution is 6.04. The smallest absolute Gasteiger partial charge is 0.257 e. The third kappa shape index (κ3) is 2.28. The number of carbonyl (C=O) groups excluding carboxylic acids is 1. The summed E-state index contributed by atoms with van der Waals surface area (Å²) >= 11 is 0. The van der Waals surface area contributed by atoms with E-state index in [1.165, 1.54) is 18.3 Å². The van der Waals surface area contributed by atoms with Crippen LogP contribution in [0.5, 0.6) is 11.5 Å². The van der Waals surface area contributed by atoms with E-state index in [1.807, 2.05) is 0 Å². The number of benzene rings is 1. The highest BCUT2D eigenvalue weighted by atomic mass is 16.7. The van der Waals surface area contributed by atoms with Crippen LogP contribution in [0.25, 0.3) is 0 Å². The lowest BCUT2D eigenvalue weighted by Gasteiger charge is -2.05. The van der Waals surface area contributed by atoms with Gasteiger partial charge in [0.25, 0.3) is 5.91 Å². The molecule has 2 aromatic rings. The Hall–Kier alpha value is -2.76. The number of fused-ring (bicyclic) bond motifs is 1. The van der Waals surface area contributed by atoms with Crippen LogP contribution in [0.1, 0.15) is 10.4 Å². The summed E-state index contributed by atoms with van der Waals surface area (Å²) in [5.74, 6) is 0.941. The molecule has 96 valence electrons. The molecule has 0 fully saturated rings. The predicted octanol–water partition coefficient (Wildman–Crippen LogP) is 1.36. The van der Waals surface area contributed by atoms with Crippen molar-refractivity contribution in [3.8, 4) is 11.5 Å². The average Bonchev–Trinajstić information content (AvgIpc) is 2.87. The Kier molecular flexibility index (Phi) is 2.68. The topological polar surface area (TPSA) is 80.4 Å². The van der Waals surface area contributed by atoms with Crippen molar-refractivity contribution in [2.45, 2.75) is 0 Å². The molecule has 0 spiro atoms. The number of amides is 1. The number of hydrogen-bond acceptors (Lipinski definition) is 4. The van der Waals surface area contributed by atoms with Crippen LogP contribution in [0.3, 0.4) is 0 Å². The molecule has 3 rings (SSSR count). The number of ether oxygens (including phenoxy) is 2. The Bertz CT molecular complexity index is 673. The van der Waals surface area contributed by atoms with Gasteiger partial charge < -0.3 is 19.8 Å². The Labute approximate surface area is 108 Å². The fraction of sp³-hybridized carbons (Fsp3) is 0.0769. The summed E-state index contributed by atoms with van der Waals surface area (Å²) < 4.78 is 10.4. The number of pyridine rings is 1. The molecular weight excluding hydrogens is 248 g/mol. The molecule has 0 unspecified atom stereocenters. The van der Waals surface area contributed by atoms with Gasteiger partial charge in [-0.3, -0.25) is 9.59 Å². The van der Waals surface area contributed by atoms with E-state index >= 15 is 0 Å². The zero-order valence-electron chi connectivity index (χ0n) is 9.80. The number of carbonyl (C=O) groups is 1. The van der Waals surface area contributed by atoms with Gasteiger partial charge in [-0.1, -0.05) is 0 Å². The summed E-state index contributed by atoms with van der Waals surface area (Å²) in [4.78, 5) is 25.3. The normalized spacial score (nSPS) is 12.2. The van der Waals surface area contributed by atoms with Crippen LogP contribution in [0.4, 0.5) is 5.69 Å². The van der Waals surface area contributed by atoms with Gasteiger partial charge in [0.05, 0.1) is 5.56 Å². The number of rotatable bonds is 2. The van der Waals surface area contributed by atoms with Crippen molar-refractivity contribution in [2.24, 2.45) is 0 Å². The van der Waals surface area contributed by atoms with Gasteiger partial charge in [-0.15, -0.1) is 0 Å². The van der Waals surface area contributed by atoms with Gasteiger partial charge in [-0.25, -0.2) is 0 Å². The highest BCUT2D eigenvalue weighted by Crippen LogP contribution is 2.34. The number of aromatic nitrogens is 1. The van der Waals surface area contributed by atoms with E-state index in [0.717, 1.165) is 0 Å². The van der Waals surface area contributed by atoms with Crippen molar-refractivity contribution < 1.29 is 14.3 Å². The molecule has 6 nitrogen and oxygen atoms in total. The van der Waals surface area contributed by atoms with Crippen molar-refractivity contribution in [2.75, 3.05) is 12.1 Å². The molecule has 0 bridgehead atoms. The highest BCUT2D eigenvalue weighted by Gasteiger charge is 2.14. The summed E-state index contributed by atoms with van der Waals surface area (Å²) in [7, 11) is 0. The minimum Gasteiger partial charge on any atom is -0.454 e. The third-order valence-electron chi connectivity index (χ3n) is 2.68. The van der Waals surface area contributed by atoms with E-state index in [9.17, 15) is 9.59 Å². The van der Waals surface area contributed by atoms with Crippen molar-refractivity contribution in [3.05, 3.63) is 52.4 Å². The van der Waals surface area contributed by atoms with E-state index in [0.29, 0.717) is 22.7 Å². The maximum absolute atomic E-state index is 11.9. The van der Waals surface area contributed by atoms with E-state index in [-0.39, 0.29) is 18.3 Å². The van der Waals surface area contributed by atoms with Gasteiger partial charge in [0.1, 0.15) is 0 Å². The minimum absolute atomic E-state index is 0.187. The maximum atomic E-state index is 11.9. The average molecular weight is 258 g/mol. The van der Waals surface area contributed by atoms with Crippen LogP contribution >= 0.6 is 0 Å². The molecule has 1 aromatic heterocycles. The Morgan fingerprint density at radius 1 is 1.16 bits per heavy atom. The van der Waals surface area contributed by atoms with Crippen molar-refractivity contribution in [1.82, 2.24) is 4.98 Å². The number of hydrogen-bond donors (Lipinski definition) is 2. The van der Waals surface area contributed by atoms with Gasteiger partial charge in [0, 0.05) is 24.0 Å². The lowest BCUT2D eigenvalue weighted by atomic mass is 10.2. The van der Waals surface area contributed by atoms with E-state index in [1.54, 1.807) is 18.2 Å². The van der Waals surface area contributed by atoms with Gasteiger partial charge in [0.15, 0.2) is 11.5 Å². The van der Waals surface area contributed by atoms with Crippen molar-refractivity contribution >= 4 is 11.6 Å². The molecule has 0 radical (unpaired) electrons. The first-order valence-corrected chi connectivity index (χ1v) is 5.62. The lowest BCUT2D eigenvalue weighted by molar-refractivity contribution is 0.102. The second kappa shape index (κ2) is 4.49. The Morgan fingerprint density at radius 2 is 2.00 bits per heavy atom. The van der Waals surface area contributed by atoms with Crippen LogP contribution < -0.4 is 20.3 Å². The summed E-state index contributed by atoms with van der Waals surface area (Å²) in [6.45, 7) is 0.187. The standard InChI is InChI=1S/C13H10N2O4/c16-12-4-1-8(6-14-12)13(17)15-9-2-3-10-11(5-9)19-7-18-10/h1-6H,7H2,(H,14,16)(H,15,17). The molecule has 19 heavy (non-hydrogen) atoms. The maximum Gasteiger partial charge on any atom is 0.257 e. The Balaban J connectivity index is 1.79. The Morgan fingerprint density at radius 3 is 2.79 bits per heavy atom. The number of nitrogens with one attached hydrogen (secondary N) is 2. The summed E-state index contributed by atoms with van der Waals surface area (Å²) in [5.41, 5.74) is 0.720. The molecule has 0 saturated heterocycles. The number of anilines is 1. The molecule has 0 saturated carbocycles. The molecule has 1 amide bonds. The number of H-pyrrole nitrogens is 1. The molecule has 1 aromatic carbocycles. The van der Waals surface area contributed by atoms with Crippen LogP contribution in [0.15, 0.2) is 41.3 Å². The van der Waals surface area contributed by atoms with Crippen LogP contribution in [0, 0.1) is 0 Å². The zero-order valence-corrected chi connectivity index (χ0v) is 9.80.